The summed E-state index contributed by atoms with van der Waals surface area (Å²) in [6.45, 7) is 0. The van der Waals surface area contributed by atoms with E-state index in [0.29, 0.717) is 16.6 Å². The normalized spacial score (nSPS) is 12.4. The number of nitrogens with zero attached hydrogens (tertiary/aromatic N) is 1. The number of aromatic nitrogens is 1. The summed E-state index contributed by atoms with van der Waals surface area (Å²) < 4.78 is 14.1. The molecule has 19 heavy (non-hydrogen) atoms. The van der Waals surface area contributed by atoms with Crippen LogP contribution in [0.4, 0.5) is 10.1 Å². The summed E-state index contributed by atoms with van der Waals surface area (Å²) in [4.78, 5) is 4.03. The zero-order valence-electron chi connectivity index (χ0n) is 10.1. The van der Waals surface area contributed by atoms with E-state index in [2.05, 4.69) is 26.3 Å². The molecule has 2 rings (SSSR count). The molecule has 4 nitrogen and oxygen atoms in total. The molecule has 0 spiro atoms. The first-order valence-corrected chi connectivity index (χ1v) is 6.50. The quantitative estimate of drug-likeness (QED) is 0.595. The van der Waals surface area contributed by atoms with Crippen molar-refractivity contribution in [2.75, 3.05) is 5.73 Å². The van der Waals surface area contributed by atoms with Gasteiger partial charge in [0.15, 0.2) is 0 Å². The fourth-order valence-corrected chi connectivity index (χ4v) is 2.36. The molecule has 0 amide bonds. The molecule has 1 aromatic heterocycles. The predicted octanol–water partition coefficient (Wildman–Crippen LogP) is 2.31. The van der Waals surface area contributed by atoms with Crippen LogP contribution in [0.1, 0.15) is 17.2 Å². The molecule has 1 aromatic carbocycles. The molecule has 0 saturated carbocycles. The SMILES string of the molecule is NNC(Cc1cnccc1N)c1cc(F)cc(Br)c1. The molecule has 0 aliphatic carbocycles. The van der Waals surface area contributed by atoms with Gasteiger partial charge >= 0.3 is 0 Å². The third-order valence-corrected chi connectivity index (χ3v) is 3.31. The summed E-state index contributed by atoms with van der Waals surface area (Å²) >= 11 is 3.26. The van der Waals surface area contributed by atoms with Crippen molar-refractivity contribution in [3.05, 3.63) is 58.1 Å². The summed E-state index contributed by atoms with van der Waals surface area (Å²) in [5, 5.41) is 0. The van der Waals surface area contributed by atoms with Crippen LogP contribution in [-0.2, 0) is 6.42 Å². The van der Waals surface area contributed by atoms with Crippen molar-refractivity contribution >= 4 is 21.6 Å². The first-order valence-electron chi connectivity index (χ1n) is 5.70. The van der Waals surface area contributed by atoms with Gasteiger partial charge in [0.25, 0.3) is 0 Å². The minimum absolute atomic E-state index is 0.238. The minimum Gasteiger partial charge on any atom is -0.398 e. The maximum atomic E-state index is 13.4. The number of pyridine rings is 1. The van der Waals surface area contributed by atoms with Crippen LogP contribution < -0.4 is 17.0 Å². The number of rotatable bonds is 4. The van der Waals surface area contributed by atoms with Gasteiger partial charge in [-0.25, -0.2) is 4.39 Å². The van der Waals surface area contributed by atoms with E-state index in [1.165, 1.54) is 12.1 Å². The molecule has 0 saturated heterocycles. The second kappa shape index (κ2) is 6.10. The van der Waals surface area contributed by atoms with Crippen molar-refractivity contribution in [1.82, 2.24) is 10.4 Å². The lowest BCUT2D eigenvalue weighted by Crippen LogP contribution is -2.30. The average Bonchev–Trinajstić information content (AvgIpc) is 2.36. The van der Waals surface area contributed by atoms with Gasteiger partial charge in [0, 0.05) is 22.6 Å². The molecule has 1 heterocycles. The molecule has 6 heteroatoms. The van der Waals surface area contributed by atoms with Gasteiger partial charge in [0.2, 0.25) is 0 Å². The van der Waals surface area contributed by atoms with E-state index >= 15 is 0 Å². The van der Waals surface area contributed by atoms with Crippen molar-refractivity contribution in [3.63, 3.8) is 0 Å². The third kappa shape index (κ3) is 3.50. The first kappa shape index (κ1) is 13.9. The highest BCUT2D eigenvalue weighted by Gasteiger charge is 2.14. The maximum Gasteiger partial charge on any atom is 0.124 e. The number of nitrogens with one attached hydrogen (secondary N) is 1. The number of nitrogens with two attached hydrogens (primary N) is 2. The predicted molar refractivity (Wildman–Crippen MR) is 76.5 cm³/mol. The lowest BCUT2D eigenvalue weighted by Gasteiger charge is -2.17. The molecule has 0 aliphatic heterocycles. The van der Waals surface area contributed by atoms with Crippen molar-refractivity contribution < 1.29 is 4.39 Å². The molecule has 0 fully saturated rings. The number of benzene rings is 1. The van der Waals surface area contributed by atoms with Crippen LogP contribution >= 0.6 is 15.9 Å². The summed E-state index contributed by atoms with van der Waals surface area (Å²) in [7, 11) is 0. The first-order chi connectivity index (χ1) is 9.10. The highest BCUT2D eigenvalue weighted by molar-refractivity contribution is 9.10. The number of hydrogen-bond donors (Lipinski definition) is 3. The smallest absolute Gasteiger partial charge is 0.124 e. The van der Waals surface area contributed by atoms with Gasteiger partial charge in [-0.1, -0.05) is 15.9 Å². The van der Waals surface area contributed by atoms with Crippen molar-refractivity contribution in [2.24, 2.45) is 5.84 Å². The van der Waals surface area contributed by atoms with E-state index in [4.69, 9.17) is 11.6 Å². The minimum atomic E-state index is -0.316. The Bertz CT molecular complexity index is 556. The monoisotopic (exact) mass is 324 g/mol. The Hall–Kier alpha value is -1.50. The molecule has 1 atom stereocenters. The molecular formula is C13H14BrFN4. The van der Waals surface area contributed by atoms with Crippen LogP contribution in [-0.4, -0.2) is 4.98 Å². The second-order valence-corrected chi connectivity index (χ2v) is 5.12. The Morgan fingerprint density at radius 2 is 2.16 bits per heavy atom. The molecule has 0 aliphatic rings. The van der Waals surface area contributed by atoms with Crippen molar-refractivity contribution in [2.45, 2.75) is 12.5 Å². The van der Waals surface area contributed by atoms with Gasteiger partial charge in [-0.3, -0.25) is 16.3 Å². The summed E-state index contributed by atoms with van der Waals surface area (Å²) in [5.74, 6) is 5.24. The second-order valence-electron chi connectivity index (χ2n) is 4.20. The standard InChI is InChI=1S/C13H14BrFN4/c14-10-3-8(4-11(15)6-10)13(19-17)5-9-7-18-2-1-12(9)16/h1-4,6-7,13,19H,5,17H2,(H2,16,18). The molecule has 2 aromatic rings. The Morgan fingerprint density at radius 1 is 1.37 bits per heavy atom. The Labute approximate surface area is 119 Å². The molecular weight excluding hydrogens is 311 g/mol. The highest BCUT2D eigenvalue weighted by atomic mass is 79.9. The van der Waals surface area contributed by atoms with E-state index in [0.717, 1.165) is 11.1 Å². The molecule has 100 valence electrons. The topological polar surface area (TPSA) is 77.0 Å². The van der Waals surface area contributed by atoms with Crippen LogP contribution in [0, 0.1) is 5.82 Å². The number of hydrogen-bond acceptors (Lipinski definition) is 4. The average molecular weight is 325 g/mol. The Balaban J connectivity index is 2.28. The molecule has 5 N–H and O–H groups in total. The van der Waals surface area contributed by atoms with E-state index in [1.807, 2.05) is 6.07 Å². The number of halogens is 2. The summed E-state index contributed by atoms with van der Waals surface area (Å²) in [6, 6.07) is 6.15. The molecule has 0 bridgehead atoms. The Morgan fingerprint density at radius 3 is 2.79 bits per heavy atom. The van der Waals surface area contributed by atoms with Crippen molar-refractivity contribution in [3.8, 4) is 0 Å². The van der Waals surface area contributed by atoms with Gasteiger partial charge in [-0.2, -0.15) is 0 Å². The van der Waals surface area contributed by atoms with E-state index in [1.54, 1.807) is 18.5 Å². The van der Waals surface area contributed by atoms with Crippen LogP contribution in [0.25, 0.3) is 0 Å². The van der Waals surface area contributed by atoms with Crippen LogP contribution in [0.5, 0.6) is 0 Å². The van der Waals surface area contributed by atoms with E-state index in [-0.39, 0.29) is 11.9 Å². The lowest BCUT2D eigenvalue weighted by molar-refractivity contribution is 0.544. The highest BCUT2D eigenvalue weighted by Crippen LogP contribution is 2.24. The van der Waals surface area contributed by atoms with Gasteiger partial charge in [-0.05, 0) is 41.8 Å². The van der Waals surface area contributed by atoms with Gasteiger partial charge in [0.05, 0.1) is 6.04 Å². The number of nitrogen functional groups attached to an aromatic ring is 1. The van der Waals surface area contributed by atoms with Crippen LogP contribution in [0.3, 0.4) is 0 Å². The zero-order valence-corrected chi connectivity index (χ0v) is 11.7. The number of anilines is 1. The lowest BCUT2D eigenvalue weighted by atomic mass is 9.99. The third-order valence-electron chi connectivity index (χ3n) is 2.85. The van der Waals surface area contributed by atoms with Crippen LogP contribution in [0.15, 0.2) is 41.1 Å². The van der Waals surface area contributed by atoms with Crippen molar-refractivity contribution in [1.29, 1.82) is 0 Å². The van der Waals surface area contributed by atoms with E-state index in [9.17, 15) is 4.39 Å². The van der Waals surface area contributed by atoms with E-state index < -0.39 is 0 Å². The zero-order chi connectivity index (χ0) is 13.8. The van der Waals surface area contributed by atoms with Gasteiger partial charge in [0.1, 0.15) is 5.82 Å². The summed E-state index contributed by atoms with van der Waals surface area (Å²) in [5.41, 5.74) is 10.8. The Kier molecular flexibility index (Phi) is 4.47. The fraction of sp³-hybridized carbons (Fsp3) is 0.154. The van der Waals surface area contributed by atoms with Gasteiger partial charge in [-0.15, -0.1) is 0 Å². The van der Waals surface area contributed by atoms with Crippen LogP contribution in [0.2, 0.25) is 0 Å². The molecule has 0 radical (unpaired) electrons. The molecule has 1 unspecified atom stereocenters. The summed E-state index contributed by atoms with van der Waals surface area (Å²) in [6.07, 6.45) is 3.85. The largest absolute Gasteiger partial charge is 0.398 e. The maximum absolute atomic E-state index is 13.4. The number of hydrazine groups is 1. The van der Waals surface area contributed by atoms with Gasteiger partial charge < -0.3 is 5.73 Å². The fourth-order valence-electron chi connectivity index (χ4n) is 1.88.